The van der Waals surface area contributed by atoms with Crippen molar-refractivity contribution in [2.24, 2.45) is 0 Å². The quantitative estimate of drug-likeness (QED) is 0.850. The summed E-state index contributed by atoms with van der Waals surface area (Å²) in [4.78, 5) is 11.0. The Morgan fingerprint density at radius 2 is 2.10 bits per heavy atom. The van der Waals surface area contributed by atoms with E-state index in [0.29, 0.717) is 5.75 Å². The molecule has 1 aliphatic carbocycles. The average Bonchev–Trinajstić information content (AvgIpc) is 3.20. The number of hydrogen-bond donors (Lipinski definition) is 1. The summed E-state index contributed by atoms with van der Waals surface area (Å²) < 4.78 is 31.4. The first-order valence-corrected chi connectivity index (χ1v) is 7.67. The van der Waals surface area contributed by atoms with Crippen LogP contribution in [0.3, 0.4) is 0 Å². The molecule has 1 fully saturated rings. The lowest BCUT2D eigenvalue weighted by Gasteiger charge is -2.18. The van der Waals surface area contributed by atoms with Crippen molar-refractivity contribution in [1.29, 1.82) is 0 Å². The molecule has 7 heteroatoms. The van der Waals surface area contributed by atoms with E-state index >= 15 is 0 Å². The highest BCUT2D eigenvalue weighted by Gasteiger charge is 2.36. The molecule has 1 aromatic rings. The Morgan fingerprint density at radius 3 is 2.60 bits per heavy atom. The number of benzene rings is 1. The Morgan fingerprint density at radius 1 is 1.45 bits per heavy atom. The predicted molar refractivity (Wildman–Crippen MR) is 72.3 cm³/mol. The monoisotopic (exact) mass is 299 g/mol. The third-order valence-corrected chi connectivity index (χ3v) is 5.34. The van der Waals surface area contributed by atoms with Gasteiger partial charge in [-0.3, -0.25) is 4.79 Å². The molecule has 0 bridgehead atoms. The molecule has 1 N–H and O–H groups in total. The number of hydrogen-bond acceptors (Lipinski definition) is 4. The third kappa shape index (κ3) is 2.94. The molecule has 20 heavy (non-hydrogen) atoms. The smallest absolute Gasteiger partial charge is 0.307 e. The maximum atomic E-state index is 12.5. The molecule has 110 valence electrons. The minimum absolute atomic E-state index is 0.0276. The molecule has 0 heterocycles. The van der Waals surface area contributed by atoms with Crippen LogP contribution in [0.25, 0.3) is 0 Å². The van der Waals surface area contributed by atoms with Gasteiger partial charge in [0.05, 0.1) is 18.4 Å². The lowest BCUT2D eigenvalue weighted by Crippen LogP contribution is -2.30. The van der Waals surface area contributed by atoms with Gasteiger partial charge in [0.25, 0.3) is 0 Å². The SMILES string of the molecule is COc1ccc(S(=O)(=O)N(C)C2CC2)c(CC(=O)O)c1. The number of carboxylic acid groups (broad SMARTS) is 1. The molecule has 0 amide bonds. The van der Waals surface area contributed by atoms with Crippen LogP contribution in [0.2, 0.25) is 0 Å². The van der Waals surface area contributed by atoms with Crippen molar-refractivity contribution in [3.63, 3.8) is 0 Å². The molecule has 1 aromatic carbocycles. The summed E-state index contributed by atoms with van der Waals surface area (Å²) in [5.41, 5.74) is 0.240. The van der Waals surface area contributed by atoms with Crippen molar-refractivity contribution in [3.8, 4) is 5.75 Å². The van der Waals surface area contributed by atoms with Crippen molar-refractivity contribution in [1.82, 2.24) is 4.31 Å². The van der Waals surface area contributed by atoms with E-state index in [4.69, 9.17) is 9.84 Å². The van der Waals surface area contributed by atoms with Gasteiger partial charge >= 0.3 is 5.97 Å². The van der Waals surface area contributed by atoms with Gasteiger partial charge in [-0.05, 0) is 36.6 Å². The molecule has 0 unspecified atom stereocenters. The van der Waals surface area contributed by atoms with Crippen LogP contribution < -0.4 is 4.74 Å². The van der Waals surface area contributed by atoms with Crippen molar-refractivity contribution >= 4 is 16.0 Å². The average molecular weight is 299 g/mol. The number of carbonyl (C=O) groups is 1. The molecule has 0 radical (unpaired) electrons. The summed E-state index contributed by atoms with van der Waals surface area (Å²) in [6.07, 6.45) is 1.34. The van der Waals surface area contributed by atoms with Crippen LogP contribution in [0.4, 0.5) is 0 Å². The van der Waals surface area contributed by atoms with E-state index in [-0.39, 0.29) is 22.9 Å². The molecular weight excluding hydrogens is 282 g/mol. The lowest BCUT2D eigenvalue weighted by atomic mass is 10.1. The molecule has 1 saturated carbocycles. The molecule has 0 aromatic heterocycles. The first-order chi connectivity index (χ1) is 9.36. The fourth-order valence-electron chi connectivity index (χ4n) is 2.03. The van der Waals surface area contributed by atoms with Crippen LogP contribution in [0.5, 0.6) is 5.75 Å². The second-order valence-corrected chi connectivity index (χ2v) is 6.76. The summed E-state index contributed by atoms with van der Waals surface area (Å²) in [5.74, 6) is -0.641. The second-order valence-electron chi connectivity index (χ2n) is 4.80. The summed E-state index contributed by atoms with van der Waals surface area (Å²) in [7, 11) is -0.684. The normalized spacial score (nSPS) is 15.3. The number of rotatable bonds is 6. The van der Waals surface area contributed by atoms with Crippen molar-refractivity contribution < 1.29 is 23.1 Å². The molecule has 0 aliphatic heterocycles. The summed E-state index contributed by atoms with van der Waals surface area (Å²) in [6.45, 7) is 0. The van der Waals surface area contributed by atoms with Gasteiger partial charge in [-0.25, -0.2) is 8.42 Å². The van der Waals surface area contributed by atoms with E-state index in [1.807, 2.05) is 0 Å². The topological polar surface area (TPSA) is 83.9 Å². The summed E-state index contributed by atoms with van der Waals surface area (Å²) in [6, 6.07) is 4.42. The molecule has 2 rings (SSSR count). The predicted octanol–water partition coefficient (Wildman–Crippen LogP) is 1.11. The summed E-state index contributed by atoms with van der Waals surface area (Å²) >= 11 is 0. The number of methoxy groups -OCH3 is 1. The van der Waals surface area contributed by atoms with Gasteiger partial charge in [-0.15, -0.1) is 0 Å². The highest BCUT2D eigenvalue weighted by molar-refractivity contribution is 7.89. The van der Waals surface area contributed by atoms with Gasteiger partial charge in [0.15, 0.2) is 0 Å². The van der Waals surface area contributed by atoms with E-state index in [9.17, 15) is 13.2 Å². The van der Waals surface area contributed by atoms with Gasteiger partial charge in [-0.2, -0.15) is 4.31 Å². The van der Waals surface area contributed by atoms with Gasteiger partial charge in [0.1, 0.15) is 5.75 Å². The van der Waals surface area contributed by atoms with Crippen molar-refractivity contribution in [3.05, 3.63) is 23.8 Å². The Balaban J connectivity index is 2.46. The van der Waals surface area contributed by atoms with E-state index < -0.39 is 16.0 Å². The first kappa shape index (κ1) is 14.8. The van der Waals surface area contributed by atoms with E-state index in [2.05, 4.69) is 0 Å². The Bertz CT molecular complexity index is 622. The highest BCUT2D eigenvalue weighted by Crippen LogP contribution is 2.32. The van der Waals surface area contributed by atoms with E-state index in [1.54, 1.807) is 0 Å². The largest absolute Gasteiger partial charge is 0.497 e. The van der Waals surface area contributed by atoms with Crippen LogP contribution in [0, 0.1) is 0 Å². The molecule has 0 spiro atoms. The van der Waals surface area contributed by atoms with Crippen LogP contribution in [0.1, 0.15) is 18.4 Å². The van der Waals surface area contributed by atoms with Gasteiger partial charge in [0.2, 0.25) is 10.0 Å². The highest BCUT2D eigenvalue weighted by atomic mass is 32.2. The second kappa shape index (κ2) is 5.41. The zero-order valence-corrected chi connectivity index (χ0v) is 12.2. The zero-order valence-electron chi connectivity index (χ0n) is 11.4. The minimum Gasteiger partial charge on any atom is -0.497 e. The number of sulfonamides is 1. The molecular formula is C13H17NO5S. The number of aliphatic carboxylic acids is 1. The molecule has 6 nitrogen and oxygen atoms in total. The van der Waals surface area contributed by atoms with E-state index in [0.717, 1.165) is 12.8 Å². The number of carboxylic acids is 1. The molecule has 0 saturated heterocycles. The molecule has 1 aliphatic rings. The van der Waals surface area contributed by atoms with Gasteiger partial charge in [0, 0.05) is 13.1 Å². The maximum absolute atomic E-state index is 12.5. The van der Waals surface area contributed by atoms with Crippen LogP contribution in [-0.2, 0) is 21.2 Å². The van der Waals surface area contributed by atoms with Crippen molar-refractivity contribution in [2.45, 2.75) is 30.2 Å². The lowest BCUT2D eigenvalue weighted by molar-refractivity contribution is -0.136. The fourth-order valence-corrected chi connectivity index (χ4v) is 3.64. The fraction of sp³-hybridized carbons (Fsp3) is 0.462. The number of ether oxygens (including phenoxy) is 1. The number of nitrogens with zero attached hydrogens (tertiary/aromatic N) is 1. The van der Waals surface area contributed by atoms with Crippen LogP contribution in [-0.4, -0.2) is 44.0 Å². The van der Waals surface area contributed by atoms with E-state index in [1.165, 1.54) is 36.7 Å². The Kier molecular flexibility index (Phi) is 4.01. The Labute approximate surface area is 118 Å². The zero-order chi connectivity index (χ0) is 14.9. The maximum Gasteiger partial charge on any atom is 0.307 e. The Hall–Kier alpha value is -1.60. The van der Waals surface area contributed by atoms with Gasteiger partial charge in [-0.1, -0.05) is 0 Å². The molecule has 0 atom stereocenters. The first-order valence-electron chi connectivity index (χ1n) is 6.23. The summed E-state index contributed by atoms with van der Waals surface area (Å²) in [5, 5.41) is 8.93. The van der Waals surface area contributed by atoms with Gasteiger partial charge < -0.3 is 9.84 Å². The van der Waals surface area contributed by atoms with Crippen molar-refractivity contribution in [2.75, 3.05) is 14.2 Å². The van der Waals surface area contributed by atoms with Crippen LogP contribution in [0.15, 0.2) is 23.1 Å². The van der Waals surface area contributed by atoms with Crippen LogP contribution >= 0.6 is 0 Å². The standard InChI is InChI=1S/C13H17NO5S/c1-14(10-3-4-10)20(17,18)12-6-5-11(19-2)7-9(12)8-13(15)16/h5-7,10H,3-4,8H2,1-2H3,(H,15,16). The third-order valence-electron chi connectivity index (χ3n) is 3.33. The minimum atomic E-state index is -3.66.